The summed E-state index contributed by atoms with van der Waals surface area (Å²) in [5.41, 5.74) is 0. The summed E-state index contributed by atoms with van der Waals surface area (Å²) in [5.74, 6) is 2.23. The Bertz CT molecular complexity index is 337. The van der Waals surface area contributed by atoms with Crippen LogP contribution in [0.25, 0.3) is 0 Å². The first kappa shape index (κ1) is 12.5. The van der Waals surface area contributed by atoms with Gasteiger partial charge in [-0.25, -0.2) is 0 Å². The van der Waals surface area contributed by atoms with Gasteiger partial charge in [0.25, 0.3) is 0 Å². The lowest BCUT2D eigenvalue weighted by Gasteiger charge is -2.14. The molecule has 1 aliphatic heterocycles. The van der Waals surface area contributed by atoms with E-state index in [4.69, 9.17) is 4.74 Å². The first-order valence-electron chi connectivity index (χ1n) is 6.61. The Morgan fingerprint density at radius 1 is 1.35 bits per heavy atom. The van der Waals surface area contributed by atoms with Crippen LogP contribution in [0, 0.1) is 0 Å². The number of aromatic nitrogens is 3. The maximum atomic E-state index is 5.29. The van der Waals surface area contributed by atoms with Crippen molar-refractivity contribution in [3.05, 3.63) is 11.6 Å². The summed E-state index contributed by atoms with van der Waals surface area (Å²) in [6, 6.07) is 0. The third-order valence-corrected chi connectivity index (χ3v) is 3.07. The first-order valence-corrected chi connectivity index (χ1v) is 6.61. The average molecular weight is 238 g/mol. The van der Waals surface area contributed by atoms with E-state index < -0.39 is 0 Å². The molecule has 5 heteroatoms. The summed E-state index contributed by atoms with van der Waals surface area (Å²) in [6.45, 7) is 6.54. The zero-order valence-electron chi connectivity index (χ0n) is 10.6. The number of hydrogen-bond donors (Lipinski definition) is 1. The minimum absolute atomic E-state index is 0.803. The van der Waals surface area contributed by atoms with E-state index in [0.717, 1.165) is 57.3 Å². The summed E-state index contributed by atoms with van der Waals surface area (Å²) in [6.07, 6.45) is 4.63. The lowest BCUT2D eigenvalue weighted by molar-refractivity contribution is 0.144. The van der Waals surface area contributed by atoms with E-state index >= 15 is 0 Å². The Labute approximate surface area is 103 Å². The van der Waals surface area contributed by atoms with Gasteiger partial charge in [0.05, 0.1) is 6.54 Å². The van der Waals surface area contributed by atoms with Gasteiger partial charge in [-0.05, 0) is 32.7 Å². The SMILES string of the molecule is CCOCCCNCc1nnc2n1CCCC2. The molecule has 0 saturated carbocycles. The van der Waals surface area contributed by atoms with Crippen LogP contribution in [0.4, 0.5) is 0 Å². The van der Waals surface area contributed by atoms with Crippen molar-refractivity contribution in [2.24, 2.45) is 0 Å². The van der Waals surface area contributed by atoms with Crippen molar-refractivity contribution in [1.29, 1.82) is 0 Å². The molecule has 0 amide bonds. The van der Waals surface area contributed by atoms with E-state index in [9.17, 15) is 0 Å². The van der Waals surface area contributed by atoms with Gasteiger partial charge in [0.15, 0.2) is 0 Å². The molecule has 5 nitrogen and oxygen atoms in total. The molecular weight excluding hydrogens is 216 g/mol. The molecule has 2 rings (SSSR count). The van der Waals surface area contributed by atoms with Gasteiger partial charge in [-0.15, -0.1) is 10.2 Å². The Morgan fingerprint density at radius 3 is 3.18 bits per heavy atom. The fraction of sp³-hybridized carbons (Fsp3) is 0.833. The number of nitrogens with zero attached hydrogens (tertiary/aromatic N) is 3. The van der Waals surface area contributed by atoms with Crippen molar-refractivity contribution < 1.29 is 4.74 Å². The van der Waals surface area contributed by atoms with Crippen LogP contribution in [-0.2, 0) is 24.2 Å². The van der Waals surface area contributed by atoms with Crippen molar-refractivity contribution in [2.75, 3.05) is 19.8 Å². The van der Waals surface area contributed by atoms with Crippen molar-refractivity contribution >= 4 is 0 Å². The number of fused-ring (bicyclic) bond motifs is 1. The number of rotatable bonds is 7. The molecule has 1 aromatic rings. The second kappa shape index (κ2) is 6.71. The van der Waals surface area contributed by atoms with Crippen molar-refractivity contribution in [3.8, 4) is 0 Å². The molecule has 0 aromatic carbocycles. The normalized spacial score (nSPS) is 14.9. The summed E-state index contributed by atoms with van der Waals surface area (Å²) >= 11 is 0. The highest BCUT2D eigenvalue weighted by Crippen LogP contribution is 2.13. The van der Waals surface area contributed by atoms with Crippen LogP contribution < -0.4 is 5.32 Å². The monoisotopic (exact) mass is 238 g/mol. The summed E-state index contributed by atoms with van der Waals surface area (Å²) in [4.78, 5) is 0. The lowest BCUT2D eigenvalue weighted by Crippen LogP contribution is -2.21. The molecule has 0 fully saturated rings. The van der Waals surface area contributed by atoms with E-state index in [-0.39, 0.29) is 0 Å². The van der Waals surface area contributed by atoms with Crippen LogP contribution in [0.3, 0.4) is 0 Å². The summed E-state index contributed by atoms with van der Waals surface area (Å²) < 4.78 is 7.55. The molecular formula is C12H22N4O. The summed E-state index contributed by atoms with van der Waals surface area (Å²) in [7, 11) is 0. The number of hydrogen-bond acceptors (Lipinski definition) is 4. The van der Waals surface area contributed by atoms with Crippen LogP contribution in [0.5, 0.6) is 0 Å². The van der Waals surface area contributed by atoms with E-state index in [1.807, 2.05) is 6.92 Å². The van der Waals surface area contributed by atoms with Crippen LogP contribution in [0.2, 0.25) is 0 Å². The molecule has 17 heavy (non-hydrogen) atoms. The zero-order chi connectivity index (χ0) is 11.9. The Morgan fingerprint density at radius 2 is 2.29 bits per heavy atom. The fourth-order valence-electron chi connectivity index (χ4n) is 2.14. The molecule has 1 aliphatic rings. The first-order chi connectivity index (χ1) is 8.42. The third-order valence-electron chi connectivity index (χ3n) is 3.07. The van der Waals surface area contributed by atoms with Gasteiger partial charge >= 0.3 is 0 Å². The molecule has 0 unspecified atom stereocenters. The molecule has 0 radical (unpaired) electrons. The molecule has 0 atom stereocenters. The van der Waals surface area contributed by atoms with Crippen LogP contribution in [-0.4, -0.2) is 34.5 Å². The highest BCUT2D eigenvalue weighted by molar-refractivity contribution is 4.98. The Kier molecular flexibility index (Phi) is 4.94. The number of aryl methyl sites for hydroxylation is 1. The van der Waals surface area contributed by atoms with Gasteiger partial charge < -0.3 is 14.6 Å². The Balaban J connectivity index is 1.70. The minimum atomic E-state index is 0.803. The minimum Gasteiger partial charge on any atom is -0.382 e. The van der Waals surface area contributed by atoms with Crippen LogP contribution in [0.15, 0.2) is 0 Å². The summed E-state index contributed by atoms with van der Waals surface area (Å²) in [5, 5.41) is 11.9. The van der Waals surface area contributed by atoms with Gasteiger partial charge in [-0.1, -0.05) is 0 Å². The molecule has 2 heterocycles. The molecule has 1 aromatic heterocycles. The topological polar surface area (TPSA) is 52.0 Å². The second-order valence-electron chi connectivity index (χ2n) is 4.37. The van der Waals surface area contributed by atoms with Gasteiger partial charge in [-0.3, -0.25) is 0 Å². The van der Waals surface area contributed by atoms with E-state index in [1.54, 1.807) is 0 Å². The molecule has 96 valence electrons. The zero-order valence-corrected chi connectivity index (χ0v) is 10.6. The maximum Gasteiger partial charge on any atom is 0.147 e. The van der Waals surface area contributed by atoms with E-state index in [0.29, 0.717) is 0 Å². The predicted octanol–water partition coefficient (Wildman–Crippen LogP) is 1.13. The fourth-order valence-corrected chi connectivity index (χ4v) is 2.14. The standard InChI is InChI=1S/C12H22N4O/c1-2-17-9-5-7-13-10-12-15-14-11-6-3-4-8-16(11)12/h13H,2-10H2,1H3. The average Bonchev–Trinajstić information content (AvgIpc) is 2.77. The van der Waals surface area contributed by atoms with Gasteiger partial charge in [0.1, 0.15) is 11.6 Å². The maximum absolute atomic E-state index is 5.29. The smallest absolute Gasteiger partial charge is 0.147 e. The van der Waals surface area contributed by atoms with Gasteiger partial charge in [-0.2, -0.15) is 0 Å². The third kappa shape index (κ3) is 3.51. The molecule has 0 bridgehead atoms. The quantitative estimate of drug-likeness (QED) is 0.724. The lowest BCUT2D eigenvalue weighted by atomic mass is 10.2. The largest absolute Gasteiger partial charge is 0.382 e. The van der Waals surface area contributed by atoms with E-state index in [2.05, 4.69) is 20.1 Å². The highest BCUT2D eigenvalue weighted by Gasteiger charge is 2.14. The molecule has 0 aliphatic carbocycles. The van der Waals surface area contributed by atoms with Gasteiger partial charge in [0.2, 0.25) is 0 Å². The van der Waals surface area contributed by atoms with Crippen molar-refractivity contribution in [2.45, 2.75) is 45.7 Å². The van der Waals surface area contributed by atoms with Crippen molar-refractivity contribution in [3.63, 3.8) is 0 Å². The number of nitrogens with one attached hydrogen (secondary N) is 1. The Hall–Kier alpha value is -0.940. The predicted molar refractivity (Wildman–Crippen MR) is 65.8 cm³/mol. The van der Waals surface area contributed by atoms with Crippen LogP contribution in [0.1, 0.15) is 37.8 Å². The van der Waals surface area contributed by atoms with Crippen molar-refractivity contribution in [1.82, 2.24) is 20.1 Å². The highest BCUT2D eigenvalue weighted by atomic mass is 16.5. The molecule has 1 N–H and O–H groups in total. The van der Waals surface area contributed by atoms with Crippen LogP contribution >= 0.6 is 0 Å². The number of ether oxygens (including phenoxy) is 1. The second-order valence-corrected chi connectivity index (χ2v) is 4.37. The molecule has 0 spiro atoms. The van der Waals surface area contributed by atoms with E-state index in [1.165, 1.54) is 12.8 Å². The molecule has 0 saturated heterocycles. The van der Waals surface area contributed by atoms with Gasteiger partial charge in [0, 0.05) is 26.2 Å².